The molecule has 1 aliphatic heterocycles. The van der Waals surface area contributed by atoms with Gasteiger partial charge in [0, 0.05) is 6.08 Å². The van der Waals surface area contributed by atoms with Gasteiger partial charge in [-0.3, -0.25) is 0 Å². The number of allylic oxidation sites excluding steroid dienone is 1. The van der Waals surface area contributed by atoms with Gasteiger partial charge in [-0.25, -0.2) is 9.48 Å². The van der Waals surface area contributed by atoms with Crippen molar-refractivity contribution in [3.63, 3.8) is 0 Å². The minimum absolute atomic E-state index is 0.0284. The highest BCUT2D eigenvalue weighted by Crippen LogP contribution is 2.44. The Morgan fingerprint density at radius 3 is 2.60 bits per heavy atom. The van der Waals surface area contributed by atoms with Crippen molar-refractivity contribution in [3.8, 4) is 23.4 Å². The van der Waals surface area contributed by atoms with Crippen LogP contribution in [0.1, 0.15) is 28.5 Å². The van der Waals surface area contributed by atoms with E-state index in [0.717, 1.165) is 16.8 Å². The second-order valence-corrected chi connectivity index (χ2v) is 7.82. The number of ether oxygens (including phenoxy) is 2. The zero-order valence-electron chi connectivity index (χ0n) is 18.7. The Morgan fingerprint density at radius 1 is 1.14 bits per heavy atom. The van der Waals surface area contributed by atoms with Crippen molar-refractivity contribution in [1.82, 2.24) is 9.78 Å². The molecule has 0 radical (unpaired) electrons. The predicted octanol–water partition coefficient (Wildman–Crippen LogP) is 4.61. The van der Waals surface area contributed by atoms with E-state index in [1.54, 1.807) is 41.1 Å². The molecule has 2 N–H and O–H groups in total. The van der Waals surface area contributed by atoms with Crippen molar-refractivity contribution in [2.75, 3.05) is 0 Å². The first-order valence-corrected chi connectivity index (χ1v) is 10.8. The number of furan rings is 1. The van der Waals surface area contributed by atoms with Gasteiger partial charge in [-0.15, -0.1) is 0 Å². The average Bonchev–Trinajstić information content (AvgIpc) is 3.51. The fourth-order valence-electron chi connectivity index (χ4n) is 4.01. The number of nitrogens with two attached hydrogens (primary N) is 1. The predicted molar refractivity (Wildman–Crippen MR) is 127 cm³/mol. The molecular formula is C27H20N4O4. The average molecular weight is 464 g/mol. The van der Waals surface area contributed by atoms with E-state index in [1.165, 1.54) is 18.4 Å². The van der Waals surface area contributed by atoms with Crippen LogP contribution in [0.5, 0.6) is 11.6 Å². The Kier molecular flexibility index (Phi) is 5.65. The summed E-state index contributed by atoms with van der Waals surface area (Å²) in [6.07, 6.45) is 4.34. The largest absolute Gasteiger partial charge is 0.465 e. The molecule has 0 saturated heterocycles. The van der Waals surface area contributed by atoms with Crippen LogP contribution in [0.3, 0.4) is 0 Å². The summed E-state index contributed by atoms with van der Waals surface area (Å²) in [7, 11) is 0. The number of aryl methyl sites for hydroxylation is 1. The fourth-order valence-corrected chi connectivity index (χ4v) is 4.01. The van der Waals surface area contributed by atoms with Gasteiger partial charge in [0.15, 0.2) is 0 Å². The maximum atomic E-state index is 12.1. The first-order chi connectivity index (χ1) is 17.0. The molecule has 2 aromatic carbocycles. The van der Waals surface area contributed by atoms with E-state index in [0.29, 0.717) is 28.7 Å². The Balaban J connectivity index is 1.46. The summed E-state index contributed by atoms with van der Waals surface area (Å²) >= 11 is 0. The zero-order valence-corrected chi connectivity index (χ0v) is 18.7. The van der Waals surface area contributed by atoms with Gasteiger partial charge in [-0.05, 0) is 55.0 Å². The van der Waals surface area contributed by atoms with Crippen molar-refractivity contribution >= 4 is 12.0 Å². The molecule has 0 bridgehead atoms. The molecule has 35 heavy (non-hydrogen) atoms. The highest BCUT2D eigenvalue weighted by molar-refractivity contribution is 5.88. The van der Waals surface area contributed by atoms with Gasteiger partial charge in [0.05, 0.1) is 29.1 Å². The molecule has 1 atom stereocenters. The lowest BCUT2D eigenvalue weighted by Crippen LogP contribution is -2.22. The van der Waals surface area contributed by atoms with Gasteiger partial charge in [0.1, 0.15) is 23.2 Å². The van der Waals surface area contributed by atoms with Gasteiger partial charge in [0.2, 0.25) is 11.8 Å². The number of benzene rings is 2. The number of hydrogen-bond acceptors (Lipinski definition) is 7. The van der Waals surface area contributed by atoms with E-state index < -0.39 is 11.9 Å². The van der Waals surface area contributed by atoms with Crippen LogP contribution in [0.25, 0.3) is 11.8 Å². The molecule has 0 unspecified atom stereocenters. The van der Waals surface area contributed by atoms with E-state index in [1.807, 2.05) is 37.3 Å². The van der Waals surface area contributed by atoms with Crippen LogP contribution in [0.2, 0.25) is 0 Å². The monoisotopic (exact) mass is 464 g/mol. The molecule has 0 saturated carbocycles. The Morgan fingerprint density at radius 2 is 1.91 bits per heavy atom. The van der Waals surface area contributed by atoms with Crippen LogP contribution < -0.4 is 15.2 Å². The number of hydrogen-bond donors (Lipinski definition) is 1. The maximum Gasteiger partial charge on any atom is 0.336 e. The fraction of sp³-hybridized carbons (Fsp3) is 0.0741. The number of fused-ring (bicyclic) bond motifs is 1. The zero-order chi connectivity index (χ0) is 24.4. The normalized spacial score (nSPS) is 14.9. The minimum Gasteiger partial charge on any atom is -0.465 e. The molecular weight excluding hydrogens is 444 g/mol. The van der Waals surface area contributed by atoms with Crippen molar-refractivity contribution < 1.29 is 18.7 Å². The van der Waals surface area contributed by atoms with E-state index >= 15 is 0 Å². The van der Waals surface area contributed by atoms with Crippen molar-refractivity contribution in [2.24, 2.45) is 5.73 Å². The molecule has 8 heteroatoms. The smallest absolute Gasteiger partial charge is 0.336 e. The second kappa shape index (κ2) is 9.08. The van der Waals surface area contributed by atoms with Crippen LogP contribution in [-0.4, -0.2) is 15.7 Å². The molecule has 5 rings (SSSR count). The SMILES string of the molecule is Cc1nn(-c2ccccc2)c2c1[C@H](c1ccc(OC(=O)/C=C\c3ccco3)cc1)C(C#N)=C(N)O2. The number of carbonyl (C=O) groups excluding carboxylic acids is 1. The molecule has 0 aliphatic carbocycles. The summed E-state index contributed by atoms with van der Waals surface area (Å²) in [5.74, 6) is 0.387. The van der Waals surface area contributed by atoms with E-state index in [-0.39, 0.29) is 5.88 Å². The summed E-state index contributed by atoms with van der Waals surface area (Å²) in [4.78, 5) is 12.1. The highest BCUT2D eigenvalue weighted by Gasteiger charge is 2.36. The molecule has 0 spiro atoms. The third-order valence-corrected chi connectivity index (χ3v) is 5.59. The number of rotatable bonds is 5. The summed E-state index contributed by atoms with van der Waals surface area (Å²) in [5, 5.41) is 14.5. The lowest BCUT2D eigenvalue weighted by atomic mass is 9.84. The van der Waals surface area contributed by atoms with Gasteiger partial charge < -0.3 is 19.6 Å². The Bertz CT molecular complexity index is 1470. The first kappa shape index (κ1) is 21.8. The number of para-hydroxylation sites is 1. The summed E-state index contributed by atoms with van der Waals surface area (Å²) < 4.78 is 18.1. The van der Waals surface area contributed by atoms with Gasteiger partial charge in [-0.2, -0.15) is 10.4 Å². The quantitative estimate of drug-likeness (QED) is 0.260. The maximum absolute atomic E-state index is 12.1. The van der Waals surface area contributed by atoms with Crippen LogP contribution in [-0.2, 0) is 4.79 Å². The van der Waals surface area contributed by atoms with Crippen molar-refractivity contribution in [1.29, 1.82) is 5.26 Å². The van der Waals surface area contributed by atoms with Crippen molar-refractivity contribution in [2.45, 2.75) is 12.8 Å². The lowest BCUT2D eigenvalue weighted by molar-refractivity contribution is -0.128. The topological polar surface area (TPSA) is 116 Å². The lowest BCUT2D eigenvalue weighted by Gasteiger charge is -2.25. The van der Waals surface area contributed by atoms with Crippen LogP contribution in [0, 0.1) is 18.3 Å². The number of carbonyl (C=O) groups is 1. The second-order valence-electron chi connectivity index (χ2n) is 7.82. The molecule has 4 aromatic rings. The van der Waals surface area contributed by atoms with E-state index in [4.69, 9.17) is 19.6 Å². The van der Waals surface area contributed by atoms with Gasteiger partial charge in [0.25, 0.3) is 0 Å². The Hall–Kier alpha value is -5.03. The Labute approximate surface area is 201 Å². The van der Waals surface area contributed by atoms with E-state index in [9.17, 15) is 10.1 Å². The molecule has 1 aliphatic rings. The van der Waals surface area contributed by atoms with Crippen molar-refractivity contribution in [3.05, 3.63) is 113 Å². The van der Waals surface area contributed by atoms with Crippen LogP contribution in [0.4, 0.5) is 0 Å². The number of nitriles is 1. The third kappa shape index (κ3) is 4.18. The number of esters is 1. The van der Waals surface area contributed by atoms with Gasteiger partial charge in [-0.1, -0.05) is 30.3 Å². The van der Waals surface area contributed by atoms with E-state index in [2.05, 4.69) is 11.2 Å². The summed E-state index contributed by atoms with van der Waals surface area (Å²) in [6.45, 7) is 1.87. The standard InChI is InChI=1S/C27H20N4O4/c1-17-24-25(18-9-11-21(12-10-18)34-23(32)14-13-20-8-5-15-33-20)22(16-28)26(29)35-27(24)31(30-17)19-6-3-2-4-7-19/h2-15,25H,29H2,1H3/b14-13-/t25-/m1/s1. The summed E-state index contributed by atoms with van der Waals surface area (Å²) in [5.41, 5.74) is 9.53. The number of nitrogens with zero attached hydrogens (tertiary/aromatic N) is 3. The molecule has 172 valence electrons. The molecule has 0 amide bonds. The third-order valence-electron chi connectivity index (χ3n) is 5.59. The van der Waals surface area contributed by atoms with Crippen LogP contribution >= 0.6 is 0 Å². The highest BCUT2D eigenvalue weighted by atomic mass is 16.5. The van der Waals surface area contributed by atoms with Crippen LogP contribution in [0.15, 0.2) is 94.9 Å². The first-order valence-electron chi connectivity index (χ1n) is 10.8. The molecule has 0 fully saturated rings. The van der Waals surface area contributed by atoms with Gasteiger partial charge >= 0.3 is 5.97 Å². The summed E-state index contributed by atoms with van der Waals surface area (Å²) in [6, 6.07) is 22.1. The number of aromatic nitrogens is 2. The minimum atomic E-state index is -0.538. The molecule has 3 heterocycles. The molecule has 8 nitrogen and oxygen atoms in total. The molecule has 2 aromatic heterocycles.